The zero-order valence-corrected chi connectivity index (χ0v) is 12.5. The molecular weight excluding hydrogens is 252 g/mol. The van der Waals surface area contributed by atoms with Crippen LogP contribution in [0.15, 0.2) is 6.33 Å². The molecule has 0 aliphatic rings. The van der Waals surface area contributed by atoms with Crippen LogP contribution in [0.4, 0.5) is 0 Å². The Morgan fingerprint density at radius 3 is 2.50 bits per heavy atom. The first-order chi connectivity index (χ1) is 8.25. The highest BCUT2D eigenvalue weighted by Crippen LogP contribution is 2.16. The topological polar surface area (TPSA) is 67.2 Å². The van der Waals surface area contributed by atoms with Crippen molar-refractivity contribution in [2.45, 2.75) is 33.2 Å². The van der Waals surface area contributed by atoms with E-state index in [1.807, 2.05) is 11.5 Å². The minimum atomic E-state index is -3.34. The predicted molar refractivity (Wildman–Crippen MR) is 71.7 cm³/mol. The fraction of sp³-hybridized carbons (Fsp3) is 0.727. The van der Waals surface area contributed by atoms with E-state index in [1.54, 1.807) is 6.33 Å². The molecule has 0 spiro atoms. The Hall–Kier alpha value is -0.920. The summed E-state index contributed by atoms with van der Waals surface area (Å²) >= 11 is 0. The van der Waals surface area contributed by atoms with Gasteiger partial charge in [0, 0.05) is 32.9 Å². The van der Waals surface area contributed by atoms with Crippen molar-refractivity contribution in [2.24, 2.45) is 0 Å². The molecule has 0 saturated heterocycles. The smallest absolute Gasteiger partial charge is 0.278 e. The minimum absolute atomic E-state index is 0.356. The summed E-state index contributed by atoms with van der Waals surface area (Å²) in [4.78, 5) is 4.34. The van der Waals surface area contributed by atoms with E-state index in [-0.39, 0.29) is 0 Å². The van der Waals surface area contributed by atoms with Gasteiger partial charge in [0.2, 0.25) is 0 Å². The molecule has 1 heterocycles. The summed E-state index contributed by atoms with van der Waals surface area (Å²) in [6, 6.07) is 0. The monoisotopic (exact) mass is 274 g/mol. The quantitative estimate of drug-likeness (QED) is 0.831. The number of nitrogens with one attached hydrogen (secondary N) is 1. The maximum atomic E-state index is 11.5. The lowest BCUT2D eigenvalue weighted by atomic mass is 10.1. The zero-order valence-electron chi connectivity index (χ0n) is 11.6. The largest absolute Gasteiger partial charge is 0.333 e. The molecule has 0 bridgehead atoms. The Morgan fingerprint density at radius 1 is 1.44 bits per heavy atom. The molecule has 6 nitrogen and oxygen atoms in total. The Kier molecular flexibility index (Phi) is 4.89. The van der Waals surface area contributed by atoms with Crippen LogP contribution in [0, 0.1) is 6.92 Å². The molecule has 0 aliphatic carbocycles. The number of aromatic nitrogens is 2. The number of rotatable bonds is 6. The van der Waals surface area contributed by atoms with Gasteiger partial charge in [-0.3, -0.25) is 0 Å². The van der Waals surface area contributed by atoms with Crippen LogP contribution in [-0.4, -0.2) is 42.9 Å². The average molecular weight is 274 g/mol. The maximum Gasteiger partial charge on any atom is 0.278 e. The number of hydrogen-bond acceptors (Lipinski definition) is 3. The first-order valence-corrected chi connectivity index (χ1v) is 7.38. The van der Waals surface area contributed by atoms with Crippen molar-refractivity contribution in [2.75, 3.05) is 20.6 Å². The Balaban J connectivity index is 2.61. The minimum Gasteiger partial charge on any atom is -0.333 e. The summed E-state index contributed by atoms with van der Waals surface area (Å²) in [5.74, 6) is 0.379. The molecule has 0 aromatic carbocycles. The average Bonchev–Trinajstić information content (AvgIpc) is 2.60. The van der Waals surface area contributed by atoms with Crippen LogP contribution < -0.4 is 4.72 Å². The molecule has 0 amide bonds. The van der Waals surface area contributed by atoms with Crippen molar-refractivity contribution >= 4 is 10.2 Å². The van der Waals surface area contributed by atoms with Crippen molar-refractivity contribution in [3.63, 3.8) is 0 Å². The van der Waals surface area contributed by atoms with Crippen LogP contribution >= 0.6 is 0 Å². The molecule has 0 atom stereocenters. The maximum absolute atomic E-state index is 11.5. The first kappa shape index (κ1) is 15.1. The Bertz CT molecular complexity index is 491. The fourth-order valence-electron chi connectivity index (χ4n) is 1.68. The third kappa shape index (κ3) is 3.54. The first-order valence-electron chi connectivity index (χ1n) is 5.94. The molecule has 0 aliphatic heterocycles. The SMILES string of the molecule is Cc1c(C(C)C)ncn1CCNS(=O)(=O)N(C)C. The predicted octanol–water partition coefficient (Wildman–Crippen LogP) is 0.711. The lowest BCUT2D eigenvalue weighted by Crippen LogP contribution is -2.37. The summed E-state index contributed by atoms with van der Waals surface area (Å²) in [5, 5.41) is 0. The van der Waals surface area contributed by atoms with E-state index >= 15 is 0 Å². The molecule has 0 unspecified atom stereocenters. The second-order valence-corrected chi connectivity index (χ2v) is 6.71. The van der Waals surface area contributed by atoms with Gasteiger partial charge in [-0.05, 0) is 12.8 Å². The highest BCUT2D eigenvalue weighted by molar-refractivity contribution is 7.87. The van der Waals surface area contributed by atoms with Crippen LogP contribution in [0.25, 0.3) is 0 Å². The van der Waals surface area contributed by atoms with Gasteiger partial charge in [-0.1, -0.05) is 13.8 Å². The highest BCUT2D eigenvalue weighted by Gasteiger charge is 2.13. The fourth-order valence-corrected chi connectivity index (χ4v) is 2.28. The van der Waals surface area contributed by atoms with Crippen LogP contribution in [0.2, 0.25) is 0 Å². The van der Waals surface area contributed by atoms with Gasteiger partial charge in [0.1, 0.15) is 0 Å². The number of nitrogens with zero attached hydrogens (tertiary/aromatic N) is 3. The van der Waals surface area contributed by atoms with Gasteiger partial charge in [-0.2, -0.15) is 12.7 Å². The van der Waals surface area contributed by atoms with Crippen LogP contribution in [0.5, 0.6) is 0 Å². The molecule has 1 rings (SSSR count). The summed E-state index contributed by atoms with van der Waals surface area (Å²) in [6.07, 6.45) is 1.76. The zero-order chi connectivity index (χ0) is 13.9. The van der Waals surface area contributed by atoms with E-state index in [2.05, 4.69) is 23.6 Å². The number of hydrogen-bond donors (Lipinski definition) is 1. The molecule has 104 valence electrons. The van der Waals surface area contributed by atoms with Gasteiger partial charge in [0.05, 0.1) is 12.0 Å². The molecule has 1 aromatic heterocycles. The van der Waals surface area contributed by atoms with Gasteiger partial charge in [-0.25, -0.2) is 9.71 Å². The van der Waals surface area contributed by atoms with E-state index in [0.717, 1.165) is 15.7 Å². The van der Waals surface area contributed by atoms with E-state index in [4.69, 9.17) is 0 Å². The number of imidazole rings is 1. The van der Waals surface area contributed by atoms with E-state index in [0.29, 0.717) is 19.0 Å². The third-order valence-electron chi connectivity index (χ3n) is 2.80. The van der Waals surface area contributed by atoms with Crippen molar-refractivity contribution < 1.29 is 8.42 Å². The van der Waals surface area contributed by atoms with Crippen molar-refractivity contribution in [3.8, 4) is 0 Å². The van der Waals surface area contributed by atoms with Crippen molar-refractivity contribution in [1.29, 1.82) is 0 Å². The van der Waals surface area contributed by atoms with Crippen molar-refractivity contribution in [1.82, 2.24) is 18.6 Å². The molecule has 18 heavy (non-hydrogen) atoms. The van der Waals surface area contributed by atoms with Gasteiger partial charge in [0.25, 0.3) is 10.2 Å². The highest BCUT2D eigenvalue weighted by atomic mass is 32.2. The Morgan fingerprint density at radius 2 is 2.06 bits per heavy atom. The van der Waals surface area contributed by atoms with Gasteiger partial charge < -0.3 is 4.57 Å². The van der Waals surface area contributed by atoms with Gasteiger partial charge in [0.15, 0.2) is 0 Å². The second kappa shape index (κ2) is 5.81. The molecule has 1 N–H and O–H groups in total. The van der Waals surface area contributed by atoms with E-state index < -0.39 is 10.2 Å². The van der Waals surface area contributed by atoms with Crippen LogP contribution in [0.3, 0.4) is 0 Å². The lowest BCUT2D eigenvalue weighted by molar-refractivity contribution is 0.500. The van der Waals surface area contributed by atoms with Gasteiger partial charge in [-0.15, -0.1) is 0 Å². The standard InChI is InChI=1S/C11H22N4O2S/c1-9(2)11-10(3)15(8-12-11)7-6-13-18(16,17)14(4)5/h8-9,13H,6-7H2,1-5H3. The Labute approximate surface area is 109 Å². The van der Waals surface area contributed by atoms with Crippen LogP contribution in [-0.2, 0) is 16.8 Å². The normalized spacial score (nSPS) is 12.6. The lowest BCUT2D eigenvalue weighted by Gasteiger charge is -2.13. The summed E-state index contributed by atoms with van der Waals surface area (Å²) in [7, 11) is -0.338. The van der Waals surface area contributed by atoms with E-state index in [1.165, 1.54) is 14.1 Å². The van der Waals surface area contributed by atoms with Crippen LogP contribution in [0.1, 0.15) is 31.2 Å². The molecule has 0 fully saturated rings. The summed E-state index contributed by atoms with van der Waals surface area (Å²) < 4.78 is 28.7. The molecule has 1 aromatic rings. The molecule has 0 radical (unpaired) electrons. The third-order valence-corrected chi connectivity index (χ3v) is 4.33. The summed E-state index contributed by atoms with van der Waals surface area (Å²) in [6.45, 7) is 7.12. The molecule has 7 heteroatoms. The van der Waals surface area contributed by atoms with E-state index in [9.17, 15) is 8.42 Å². The summed E-state index contributed by atoms with van der Waals surface area (Å²) in [5.41, 5.74) is 2.15. The van der Waals surface area contributed by atoms with Gasteiger partial charge >= 0.3 is 0 Å². The molecule has 0 saturated carbocycles. The second-order valence-electron chi connectivity index (χ2n) is 4.75. The molecular formula is C11H22N4O2S. The van der Waals surface area contributed by atoms with Crippen molar-refractivity contribution in [3.05, 3.63) is 17.7 Å².